The van der Waals surface area contributed by atoms with Crippen LogP contribution in [0.5, 0.6) is 0 Å². The number of carbonyl (C=O) groups excluding carboxylic acids is 1. The number of aromatic amines is 1. The van der Waals surface area contributed by atoms with E-state index >= 15 is 0 Å². The first-order chi connectivity index (χ1) is 4.33. The van der Waals surface area contributed by atoms with Gasteiger partial charge in [-0.25, -0.2) is 0 Å². The number of H-pyrrole nitrogens is 1. The van der Waals surface area contributed by atoms with Crippen LogP contribution in [-0.4, -0.2) is 11.3 Å². The fourth-order valence-corrected chi connectivity index (χ4v) is 0.496. The zero-order valence-corrected chi connectivity index (χ0v) is 5.85. The van der Waals surface area contributed by atoms with E-state index in [0.29, 0.717) is 11.8 Å². The number of aromatic nitrogens is 1. The molecule has 54 valence electrons. The first-order valence-corrected chi connectivity index (χ1v) is 2.47. The van der Waals surface area contributed by atoms with Crippen molar-refractivity contribution in [3.05, 3.63) is 34.2 Å². The molecule has 1 N–H and O–H groups in total. The summed E-state index contributed by atoms with van der Waals surface area (Å²) < 4.78 is 0. The highest BCUT2D eigenvalue weighted by atomic mass is 35.5. The van der Waals surface area contributed by atoms with E-state index in [1.807, 2.05) is 0 Å². The zero-order chi connectivity index (χ0) is 6.69. The lowest BCUT2D eigenvalue weighted by Gasteiger charge is -1.83. The molecule has 0 aliphatic rings. The summed E-state index contributed by atoms with van der Waals surface area (Å²) in [5, 5.41) is 0. The van der Waals surface area contributed by atoms with E-state index in [9.17, 15) is 9.59 Å². The highest BCUT2D eigenvalue weighted by molar-refractivity contribution is 5.85. The quantitative estimate of drug-likeness (QED) is 0.611. The Kier molecular flexibility index (Phi) is 3.43. The summed E-state index contributed by atoms with van der Waals surface area (Å²) in [6, 6.07) is 2.77. The van der Waals surface area contributed by atoms with Crippen molar-refractivity contribution in [2.45, 2.75) is 0 Å². The van der Waals surface area contributed by atoms with Crippen LogP contribution in [-0.2, 0) is 0 Å². The molecule has 0 aliphatic heterocycles. The topological polar surface area (TPSA) is 49.9 Å². The molecule has 1 heterocycles. The molecule has 0 bridgehead atoms. The average molecular weight is 160 g/mol. The molecule has 1 aromatic rings. The summed E-state index contributed by atoms with van der Waals surface area (Å²) in [7, 11) is 0. The number of pyridine rings is 1. The second-order valence-corrected chi connectivity index (χ2v) is 1.60. The summed E-state index contributed by atoms with van der Waals surface area (Å²) in [5.41, 5.74) is 0.287. The first-order valence-electron chi connectivity index (χ1n) is 2.47. The molecule has 1 aromatic heterocycles. The van der Waals surface area contributed by atoms with Gasteiger partial charge in [0.1, 0.15) is 0 Å². The Labute approximate surface area is 63.5 Å². The van der Waals surface area contributed by atoms with E-state index in [4.69, 9.17) is 0 Å². The van der Waals surface area contributed by atoms with Crippen molar-refractivity contribution in [3.63, 3.8) is 0 Å². The van der Waals surface area contributed by atoms with Crippen molar-refractivity contribution in [2.75, 3.05) is 0 Å². The van der Waals surface area contributed by atoms with Gasteiger partial charge in [-0.3, -0.25) is 9.59 Å². The summed E-state index contributed by atoms with van der Waals surface area (Å²) >= 11 is 0. The summed E-state index contributed by atoms with van der Waals surface area (Å²) in [6.07, 6.45) is 2.05. The minimum absolute atomic E-state index is 0. The van der Waals surface area contributed by atoms with Crippen molar-refractivity contribution in [1.29, 1.82) is 0 Å². The SMILES string of the molecule is Cl.O=Cc1ccc(=O)[nH]c1. The number of hydrogen-bond acceptors (Lipinski definition) is 2. The van der Waals surface area contributed by atoms with Gasteiger partial charge in [-0.15, -0.1) is 12.4 Å². The van der Waals surface area contributed by atoms with Crippen molar-refractivity contribution in [1.82, 2.24) is 4.98 Å². The third-order valence-corrected chi connectivity index (χ3v) is 0.944. The minimum atomic E-state index is -0.194. The Morgan fingerprint density at radius 2 is 2.10 bits per heavy atom. The smallest absolute Gasteiger partial charge is 0.247 e. The maximum absolute atomic E-state index is 10.4. The molecule has 10 heavy (non-hydrogen) atoms. The molecule has 0 saturated carbocycles. The van der Waals surface area contributed by atoms with Crippen molar-refractivity contribution < 1.29 is 4.79 Å². The molecule has 0 spiro atoms. The van der Waals surface area contributed by atoms with Crippen LogP contribution in [0.4, 0.5) is 0 Å². The molecule has 0 amide bonds. The molecular formula is C6H6ClNO2. The second-order valence-electron chi connectivity index (χ2n) is 1.60. The molecule has 0 saturated heterocycles. The van der Waals surface area contributed by atoms with Gasteiger partial charge in [0.25, 0.3) is 0 Å². The third kappa shape index (κ3) is 2.03. The van der Waals surface area contributed by atoms with E-state index in [2.05, 4.69) is 4.98 Å². The van der Waals surface area contributed by atoms with E-state index < -0.39 is 0 Å². The number of carbonyl (C=O) groups is 1. The lowest BCUT2D eigenvalue weighted by molar-refractivity contribution is 0.112. The number of nitrogens with one attached hydrogen (secondary N) is 1. The van der Waals surface area contributed by atoms with Crippen molar-refractivity contribution >= 4 is 18.7 Å². The van der Waals surface area contributed by atoms with E-state index in [-0.39, 0.29) is 18.0 Å². The van der Waals surface area contributed by atoms with Gasteiger partial charge in [-0.05, 0) is 6.07 Å². The van der Waals surface area contributed by atoms with Crippen LogP contribution in [0.3, 0.4) is 0 Å². The fourth-order valence-electron chi connectivity index (χ4n) is 0.496. The van der Waals surface area contributed by atoms with Gasteiger partial charge in [0.2, 0.25) is 5.56 Å². The highest BCUT2D eigenvalue weighted by Crippen LogP contribution is 1.84. The molecule has 3 nitrogen and oxygen atoms in total. The van der Waals surface area contributed by atoms with Gasteiger partial charge < -0.3 is 4.98 Å². The lowest BCUT2D eigenvalue weighted by atomic mass is 10.3. The summed E-state index contributed by atoms with van der Waals surface area (Å²) in [5.74, 6) is 0. The van der Waals surface area contributed by atoms with Crippen molar-refractivity contribution in [3.8, 4) is 0 Å². The van der Waals surface area contributed by atoms with Crippen LogP contribution in [0, 0.1) is 0 Å². The molecule has 4 heteroatoms. The normalized spacial score (nSPS) is 8.00. The van der Waals surface area contributed by atoms with Crippen LogP contribution in [0.15, 0.2) is 23.1 Å². The Morgan fingerprint density at radius 1 is 1.40 bits per heavy atom. The predicted molar refractivity (Wildman–Crippen MR) is 39.7 cm³/mol. The molecule has 0 fully saturated rings. The van der Waals surface area contributed by atoms with Crippen molar-refractivity contribution in [2.24, 2.45) is 0 Å². The molecule has 0 aromatic carbocycles. The van der Waals surface area contributed by atoms with Crippen LogP contribution >= 0.6 is 12.4 Å². The Balaban J connectivity index is 0.000000810. The Bertz CT molecular complexity index is 248. The highest BCUT2D eigenvalue weighted by Gasteiger charge is 1.84. The zero-order valence-electron chi connectivity index (χ0n) is 5.03. The molecule has 0 unspecified atom stereocenters. The molecule has 0 radical (unpaired) electrons. The average Bonchev–Trinajstić information content (AvgIpc) is 1.90. The number of halogens is 1. The lowest BCUT2D eigenvalue weighted by Crippen LogP contribution is -2.01. The van der Waals surface area contributed by atoms with Gasteiger partial charge in [-0.2, -0.15) is 0 Å². The maximum Gasteiger partial charge on any atom is 0.247 e. The van der Waals surface area contributed by atoms with Crippen LogP contribution in [0.1, 0.15) is 10.4 Å². The van der Waals surface area contributed by atoms with Gasteiger partial charge in [0, 0.05) is 17.8 Å². The molecule has 0 aliphatic carbocycles. The Morgan fingerprint density at radius 3 is 2.50 bits per heavy atom. The standard InChI is InChI=1S/C6H5NO2.ClH/c8-4-5-1-2-6(9)7-3-5;/h1-4H,(H,7,9);1H. The number of hydrogen-bond donors (Lipinski definition) is 1. The molecular weight excluding hydrogens is 154 g/mol. The van der Waals surface area contributed by atoms with Gasteiger partial charge >= 0.3 is 0 Å². The Hall–Kier alpha value is -1.09. The van der Waals surface area contributed by atoms with Crippen LogP contribution in [0.25, 0.3) is 0 Å². The molecule has 0 atom stereocenters. The fraction of sp³-hybridized carbons (Fsp3) is 0. The molecule has 1 rings (SSSR count). The minimum Gasteiger partial charge on any atom is -0.328 e. The van der Waals surface area contributed by atoms with Gasteiger partial charge in [0.05, 0.1) is 0 Å². The summed E-state index contributed by atoms with van der Waals surface area (Å²) in [6.45, 7) is 0. The van der Waals surface area contributed by atoms with E-state index in [0.717, 1.165) is 0 Å². The van der Waals surface area contributed by atoms with E-state index in [1.54, 1.807) is 0 Å². The van der Waals surface area contributed by atoms with Gasteiger partial charge in [0.15, 0.2) is 6.29 Å². The summed E-state index contributed by atoms with van der Waals surface area (Å²) in [4.78, 5) is 22.7. The third-order valence-electron chi connectivity index (χ3n) is 0.944. The second kappa shape index (κ2) is 3.85. The van der Waals surface area contributed by atoms with E-state index in [1.165, 1.54) is 18.3 Å². The predicted octanol–water partition coefficient (Wildman–Crippen LogP) is 0.609. The monoisotopic (exact) mass is 159 g/mol. The van der Waals surface area contributed by atoms with Gasteiger partial charge in [-0.1, -0.05) is 0 Å². The van der Waals surface area contributed by atoms with Crippen LogP contribution < -0.4 is 5.56 Å². The van der Waals surface area contributed by atoms with Crippen LogP contribution in [0.2, 0.25) is 0 Å². The maximum atomic E-state index is 10.4. The largest absolute Gasteiger partial charge is 0.328 e. The number of aldehydes is 1. The first kappa shape index (κ1) is 8.91. The number of rotatable bonds is 1.